The van der Waals surface area contributed by atoms with E-state index in [2.05, 4.69) is 345 Å². The molecule has 140 heavy (non-hydrogen) atoms. The summed E-state index contributed by atoms with van der Waals surface area (Å²) in [6.45, 7) is 0. The Balaban J connectivity index is 0.0000000829. The second kappa shape index (κ2) is 28.5. The number of benzene rings is 16. The first-order chi connectivity index (χ1) is 69.4. The lowest BCUT2D eigenvalue weighted by Crippen LogP contribution is -2.27. The summed E-state index contributed by atoms with van der Waals surface area (Å²) in [5.41, 5.74) is 83.8. The molecule has 16 aromatic carbocycles. The van der Waals surface area contributed by atoms with Crippen LogP contribution in [0.3, 0.4) is 0 Å². The highest BCUT2D eigenvalue weighted by molar-refractivity contribution is 6.07. The quantitative estimate of drug-likeness (QED) is 0.149. The number of rotatable bonds is 0. The fourth-order valence-electron chi connectivity index (χ4n) is 28.6. The minimum absolute atomic E-state index is 0.894. The highest BCUT2D eigenvalue weighted by Crippen LogP contribution is 2.66. The summed E-state index contributed by atoms with van der Waals surface area (Å²) in [5, 5.41) is 0. The van der Waals surface area contributed by atoms with E-state index in [1.54, 1.807) is 0 Å². The van der Waals surface area contributed by atoms with Gasteiger partial charge in [0.05, 0.1) is 74.5 Å². The second-order valence-electron chi connectivity index (χ2n) is 41.4. The molecule has 16 aliphatic rings. The molecule has 0 saturated carbocycles. The minimum atomic E-state index is 0.894. The predicted octanol–water partition coefficient (Wildman–Crippen LogP) is 30.0. The van der Waals surface area contributed by atoms with Gasteiger partial charge >= 0.3 is 0 Å². The normalized spacial score (nSPS) is 14.9. The van der Waals surface area contributed by atoms with Crippen LogP contribution in [0.5, 0.6) is 0 Å². The molecule has 8 heteroatoms. The Hall–Kier alpha value is -16.7. The van der Waals surface area contributed by atoms with Crippen molar-refractivity contribution in [2.24, 2.45) is 0 Å². The Morgan fingerprint density at radius 3 is 0.871 bits per heavy atom. The lowest BCUT2D eigenvalue weighted by Gasteiger charge is -2.41. The summed E-state index contributed by atoms with van der Waals surface area (Å²) in [5.74, 6) is 1.11. The summed E-state index contributed by atoms with van der Waals surface area (Å²) >= 11 is 0. The lowest BCUT2D eigenvalue weighted by molar-refractivity contribution is 0.961. The molecule has 0 amide bonds. The van der Waals surface area contributed by atoms with E-state index in [1.165, 1.54) is 330 Å². The van der Waals surface area contributed by atoms with Gasteiger partial charge in [-0.1, -0.05) is 249 Å². The zero-order valence-electron chi connectivity index (χ0n) is 77.2. The van der Waals surface area contributed by atoms with E-state index in [-0.39, 0.29) is 0 Å². The van der Waals surface area contributed by atoms with Crippen molar-refractivity contribution in [2.45, 2.75) is 103 Å². The highest BCUT2D eigenvalue weighted by Gasteiger charge is 2.47. The topological polar surface area (TPSA) is 64.5 Å². The molecule has 0 spiro atoms. The van der Waals surface area contributed by atoms with E-state index in [0.29, 0.717) is 0 Å². The van der Waals surface area contributed by atoms with Gasteiger partial charge in [0.25, 0.3) is 0 Å². The Morgan fingerprint density at radius 2 is 0.450 bits per heavy atom. The van der Waals surface area contributed by atoms with E-state index in [9.17, 15) is 0 Å². The summed E-state index contributed by atoms with van der Waals surface area (Å²) in [4.78, 5) is 29.3. The molecule has 4 aromatic heterocycles. The molecule has 20 aromatic rings. The molecule has 8 aliphatic heterocycles. The maximum Gasteiger partial charge on any atom is 0.141 e. The van der Waals surface area contributed by atoms with Gasteiger partial charge < -0.3 is 14.7 Å². The third-order valence-electron chi connectivity index (χ3n) is 34.3. The first-order valence-electron chi connectivity index (χ1n) is 50.3. The molecule has 36 rings (SSSR count). The molecular formula is C132H88N8. The molecular weight excluding hydrogens is 1700 g/mol. The SMILES string of the molecule is c1ccc2c(c1)Cc1c-2cc2c3c1Cc1ccc4c(c1N3c1cccnc1C2)-c1ccccc1C4.c1ccc2c(c1)Cc1c-2cc2c3c1Cc1ccc4c(c1N3c1ccncc1C2)-c1ccccc1C4.c1ccc2c(c1)Cc1c-2cc2c3c1Cc1ccc4c(c1N3c1cnccc1C2)-c1ccccc1C4.c1ccc2c(c1)Cc1c-2cc2c3c1Cc1ccc4c(c1N3c1ncccc1C2)-c1ccccc1C4. The zero-order valence-corrected chi connectivity index (χ0v) is 77.2. The summed E-state index contributed by atoms with van der Waals surface area (Å²) in [6.07, 6.45) is 27.9. The summed E-state index contributed by atoms with van der Waals surface area (Å²) < 4.78 is 0. The zero-order chi connectivity index (χ0) is 90.7. The summed E-state index contributed by atoms with van der Waals surface area (Å²) in [7, 11) is 0. The number of pyridine rings is 4. The standard InChI is InChI=1S/4C33H22N2/c1-3-9-25-20(7-1)16-28-27(25)18-24-15-23-8-5-13-34-33(23)35-31(24)29(28)17-22-12-11-21-14-19-6-2-4-10-26(19)30(21)32(22)35;1-3-8-24-20(7-1)15-27-26(24)17-23-18-29-30(10-5-13-34-29)35-32(23)28(27)16-22-12-11-21-14-19-6-2-4-9-25(19)31(21)33(22)35;1-3-7-25-20(6-1)15-28-27(25)17-24-14-21-11-12-34-18-30(21)35-32(24)29(28)16-23-10-9-22-13-19-5-2-4-8-26(19)31(22)33(23)35;1-3-7-25-20(6-1)15-28-27(25)17-23-14-24-18-34-12-11-30(24)35-32(23)29(28)16-22-10-9-21-13-19-5-2-4-8-26(19)31(21)33(22)35/h1-13,18H,14-17H2;1-13,17H,14-16,18H2;2*1-12,17-18H,13-16H2. The maximum atomic E-state index is 4.98. The predicted molar refractivity (Wildman–Crippen MR) is 564 cm³/mol. The number of nitrogens with zero attached hydrogens (tertiary/aromatic N) is 8. The second-order valence-corrected chi connectivity index (χ2v) is 41.4. The van der Waals surface area contributed by atoms with E-state index in [1.807, 2.05) is 24.8 Å². The number of fused-ring (bicyclic) bond motifs is 48. The van der Waals surface area contributed by atoms with Gasteiger partial charge in [0.2, 0.25) is 0 Å². The molecule has 0 atom stereocenters. The first-order valence-corrected chi connectivity index (χ1v) is 50.3. The largest absolute Gasteiger partial charge is 0.309 e. The Bertz CT molecular complexity index is 8090. The van der Waals surface area contributed by atoms with Crippen LogP contribution in [0.25, 0.3) is 89.0 Å². The molecule has 8 nitrogen and oxygen atoms in total. The average molecular weight is 1790 g/mol. The van der Waals surface area contributed by atoms with Crippen molar-refractivity contribution in [2.75, 3.05) is 19.6 Å². The van der Waals surface area contributed by atoms with Crippen molar-refractivity contribution in [3.05, 3.63) is 519 Å². The minimum Gasteiger partial charge on any atom is -0.309 e. The van der Waals surface area contributed by atoms with Gasteiger partial charge in [0.15, 0.2) is 0 Å². The summed E-state index contributed by atoms with van der Waals surface area (Å²) in [6, 6.07) is 114. The third-order valence-corrected chi connectivity index (χ3v) is 34.3. The van der Waals surface area contributed by atoms with Gasteiger partial charge in [0, 0.05) is 105 Å². The molecule has 8 aliphatic carbocycles. The van der Waals surface area contributed by atoms with Crippen molar-refractivity contribution in [3.63, 3.8) is 0 Å². The third kappa shape index (κ3) is 10.6. The number of aromatic nitrogens is 4. The molecule has 0 radical (unpaired) electrons. The Labute approximate surface area is 812 Å². The fourth-order valence-corrected chi connectivity index (χ4v) is 28.6. The van der Waals surface area contributed by atoms with Gasteiger partial charge in [-0.3, -0.25) is 19.9 Å². The van der Waals surface area contributed by atoms with Gasteiger partial charge in [0.1, 0.15) is 5.82 Å². The lowest BCUT2D eigenvalue weighted by atomic mass is 9.81. The van der Waals surface area contributed by atoms with Crippen LogP contribution < -0.4 is 19.6 Å². The smallest absolute Gasteiger partial charge is 0.141 e. The number of hydrogen-bond donors (Lipinski definition) is 0. The van der Waals surface area contributed by atoms with Crippen LogP contribution in [0.1, 0.15) is 178 Å². The van der Waals surface area contributed by atoms with Crippen LogP contribution in [0.2, 0.25) is 0 Å². The van der Waals surface area contributed by atoms with E-state index in [0.717, 1.165) is 109 Å². The van der Waals surface area contributed by atoms with Gasteiger partial charge in [-0.25, -0.2) is 4.98 Å². The molecule has 0 bridgehead atoms. The van der Waals surface area contributed by atoms with Crippen molar-refractivity contribution in [1.29, 1.82) is 0 Å². The monoisotopic (exact) mass is 1780 g/mol. The van der Waals surface area contributed by atoms with Crippen molar-refractivity contribution in [1.82, 2.24) is 19.9 Å². The Morgan fingerprint density at radius 1 is 0.157 bits per heavy atom. The fraction of sp³-hybridized carbons (Fsp3) is 0.121. The molecule has 12 heterocycles. The van der Waals surface area contributed by atoms with E-state index in [4.69, 9.17) is 9.97 Å². The molecule has 0 N–H and O–H groups in total. The van der Waals surface area contributed by atoms with Crippen LogP contribution >= 0.6 is 0 Å². The van der Waals surface area contributed by atoms with Gasteiger partial charge in [-0.05, 0) is 345 Å². The highest BCUT2D eigenvalue weighted by atomic mass is 15.2. The van der Waals surface area contributed by atoms with Crippen LogP contribution in [0.4, 0.5) is 68.4 Å². The van der Waals surface area contributed by atoms with Crippen molar-refractivity contribution in [3.8, 4) is 89.0 Å². The van der Waals surface area contributed by atoms with Gasteiger partial charge in [-0.2, -0.15) is 0 Å². The van der Waals surface area contributed by atoms with E-state index >= 15 is 0 Å². The molecule has 0 fully saturated rings. The van der Waals surface area contributed by atoms with Crippen molar-refractivity contribution >= 4 is 68.4 Å². The average Bonchev–Trinajstić information content (AvgIpc) is 1.67. The molecule has 0 unspecified atom stereocenters. The van der Waals surface area contributed by atoms with Crippen molar-refractivity contribution < 1.29 is 0 Å². The van der Waals surface area contributed by atoms with Gasteiger partial charge in [-0.15, -0.1) is 0 Å². The molecule has 0 saturated heterocycles. The van der Waals surface area contributed by atoms with Crippen LogP contribution in [0.15, 0.2) is 340 Å². The number of anilines is 12. The van der Waals surface area contributed by atoms with Crippen LogP contribution in [-0.4, -0.2) is 19.9 Å². The van der Waals surface area contributed by atoms with E-state index < -0.39 is 0 Å². The Kier molecular flexibility index (Phi) is 15.6. The maximum absolute atomic E-state index is 4.98. The van der Waals surface area contributed by atoms with Crippen LogP contribution in [-0.2, 0) is 103 Å². The first kappa shape index (κ1) is 76.5. The molecule has 656 valence electrons. The van der Waals surface area contributed by atoms with Crippen LogP contribution in [0, 0.1) is 0 Å². The number of hydrogen-bond acceptors (Lipinski definition) is 8.